The van der Waals surface area contributed by atoms with Crippen LogP contribution in [-0.4, -0.2) is 41.2 Å². The van der Waals surface area contributed by atoms with Crippen LogP contribution in [0.1, 0.15) is 50.5 Å². The number of aromatic nitrogens is 2. The van der Waals surface area contributed by atoms with Crippen LogP contribution in [0.2, 0.25) is 0 Å². The quantitative estimate of drug-likeness (QED) is 0.590. The summed E-state index contributed by atoms with van der Waals surface area (Å²) in [6.07, 6.45) is 2.06. The molecule has 2 N–H and O–H groups in total. The largest absolute Gasteiger partial charge is 0.344 e. The molecule has 0 unspecified atom stereocenters. The lowest BCUT2D eigenvalue weighted by Crippen LogP contribution is -2.52. The van der Waals surface area contributed by atoms with Crippen molar-refractivity contribution >= 4 is 27.0 Å². The third kappa shape index (κ3) is 4.42. The molecule has 2 atom stereocenters. The Morgan fingerprint density at radius 3 is 2.53 bits per heavy atom. The highest BCUT2D eigenvalue weighted by Crippen LogP contribution is 2.28. The van der Waals surface area contributed by atoms with E-state index in [1.807, 2.05) is 45.0 Å². The van der Waals surface area contributed by atoms with Gasteiger partial charge < -0.3 is 10.3 Å². The van der Waals surface area contributed by atoms with Gasteiger partial charge >= 0.3 is 0 Å². The minimum absolute atomic E-state index is 0.0743. The molecular formula is C24H30N4O3S. The van der Waals surface area contributed by atoms with Crippen LogP contribution < -0.4 is 5.32 Å². The number of carbonyl (C=O) groups excluding carboxylic acids is 1. The number of piperidine rings is 1. The number of hydrogen-bond donors (Lipinski definition) is 2. The first-order chi connectivity index (χ1) is 15.3. The SMILES string of the molecule is Cc1ccc(S(=O)(=O)N2CCCC[C@@H]2C(=O)N[C@H](c2nc3ccccc3[nH]2)C(C)C)cc1. The van der Waals surface area contributed by atoms with Crippen LogP contribution in [0, 0.1) is 12.8 Å². The van der Waals surface area contributed by atoms with Crippen LogP contribution in [-0.2, 0) is 14.8 Å². The molecule has 2 heterocycles. The van der Waals surface area contributed by atoms with E-state index >= 15 is 0 Å². The molecule has 0 spiro atoms. The lowest BCUT2D eigenvalue weighted by atomic mass is 10.0. The Balaban J connectivity index is 1.60. The predicted molar refractivity (Wildman–Crippen MR) is 125 cm³/mol. The monoisotopic (exact) mass is 454 g/mol. The number of carbonyl (C=O) groups is 1. The molecule has 2 aromatic carbocycles. The van der Waals surface area contributed by atoms with E-state index in [0.29, 0.717) is 18.8 Å². The van der Waals surface area contributed by atoms with Crippen LogP contribution in [0.3, 0.4) is 0 Å². The van der Waals surface area contributed by atoms with Gasteiger partial charge in [0.25, 0.3) is 0 Å². The van der Waals surface area contributed by atoms with E-state index in [1.165, 1.54) is 4.31 Å². The smallest absolute Gasteiger partial charge is 0.243 e. The summed E-state index contributed by atoms with van der Waals surface area (Å²) in [5.74, 6) is 0.475. The zero-order chi connectivity index (χ0) is 22.9. The summed E-state index contributed by atoms with van der Waals surface area (Å²) in [5, 5.41) is 3.09. The third-order valence-corrected chi connectivity index (χ3v) is 7.97. The first kappa shape index (κ1) is 22.5. The highest BCUT2D eigenvalue weighted by Gasteiger charge is 2.38. The number of imidazole rings is 1. The second kappa shape index (κ2) is 9.03. The van der Waals surface area contributed by atoms with E-state index in [0.717, 1.165) is 29.4 Å². The number of rotatable bonds is 6. The Bertz CT molecular complexity index is 1170. The molecule has 1 aromatic heterocycles. The van der Waals surface area contributed by atoms with Crippen molar-refractivity contribution in [2.45, 2.75) is 57.0 Å². The lowest BCUT2D eigenvalue weighted by molar-refractivity contribution is -0.126. The van der Waals surface area contributed by atoms with Gasteiger partial charge in [0, 0.05) is 6.54 Å². The predicted octanol–water partition coefficient (Wildman–Crippen LogP) is 3.93. The number of para-hydroxylation sites is 2. The number of amides is 1. The first-order valence-corrected chi connectivity index (χ1v) is 12.5. The summed E-state index contributed by atoms with van der Waals surface area (Å²) >= 11 is 0. The number of nitrogens with zero attached hydrogens (tertiary/aromatic N) is 2. The number of fused-ring (bicyclic) bond motifs is 1. The summed E-state index contributed by atoms with van der Waals surface area (Å²) in [5.41, 5.74) is 2.73. The van der Waals surface area contributed by atoms with Crippen molar-refractivity contribution in [1.82, 2.24) is 19.6 Å². The van der Waals surface area contributed by atoms with Crippen molar-refractivity contribution < 1.29 is 13.2 Å². The number of hydrogen-bond acceptors (Lipinski definition) is 4. The van der Waals surface area contributed by atoms with Gasteiger partial charge in [-0.25, -0.2) is 13.4 Å². The second-order valence-corrected chi connectivity index (χ2v) is 10.7. The molecule has 0 bridgehead atoms. The Labute approximate surface area is 189 Å². The molecule has 4 rings (SSSR count). The Morgan fingerprint density at radius 1 is 1.12 bits per heavy atom. The van der Waals surface area contributed by atoms with Crippen LogP contribution >= 0.6 is 0 Å². The number of nitrogens with one attached hydrogen (secondary N) is 2. The van der Waals surface area contributed by atoms with E-state index in [-0.39, 0.29) is 22.8 Å². The van der Waals surface area contributed by atoms with E-state index in [1.54, 1.807) is 24.3 Å². The summed E-state index contributed by atoms with van der Waals surface area (Å²) in [7, 11) is -3.77. The van der Waals surface area contributed by atoms with Crippen molar-refractivity contribution in [2.24, 2.45) is 5.92 Å². The van der Waals surface area contributed by atoms with Gasteiger partial charge in [0.15, 0.2) is 0 Å². The maximum absolute atomic E-state index is 13.4. The van der Waals surface area contributed by atoms with Crippen LogP contribution in [0.4, 0.5) is 0 Å². The zero-order valence-electron chi connectivity index (χ0n) is 18.7. The van der Waals surface area contributed by atoms with Gasteiger partial charge in [-0.15, -0.1) is 0 Å². The Hall–Kier alpha value is -2.71. The molecule has 8 heteroatoms. The average molecular weight is 455 g/mol. The van der Waals surface area contributed by atoms with E-state index < -0.39 is 16.1 Å². The molecular weight excluding hydrogens is 424 g/mol. The maximum atomic E-state index is 13.4. The Morgan fingerprint density at radius 2 is 1.84 bits per heavy atom. The zero-order valence-corrected chi connectivity index (χ0v) is 19.5. The highest BCUT2D eigenvalue weighted by atomic mass is 32.2. The number of aromatic amines is 1. The van der Waals surface area contributed by atoms with Gasteiger partial charge in [-0.1, -0.05) is 50.1 Å². The van der Waals surface area contributed by atoms with Gasteiger partial charge in [-0.05, 0) is 49.9 Å². The van der Waals surface area contributed by atoms with Gasteiger partial charge in [-0.2, -0.15) is 4.31 Å². The standard InChI is InChI=1S/C24H30N4O3S/c1-16(2)22(23-25-19-8-4-5-9-20(19)26-23)27-24(29)21-10-6-7-15-28(21)32(30,31)18-13-11-17(3)12-14-18/h4-5,8-9,11-14,16,21-22H,6-7,10,15H2,1-3H3,(H,25,26)(H,27,29)/t21-,22+/m1/s1. The summed E-state index contributed by atoms with van der Waals surface area (Å²) in [6, 6.07) is 13.4. The fourth-order valence-corrected chi connectivity index (χ4v) is 5.88. The van der Waals surface area contributed by atoms with Crippen molar-refractivity contribution in [3.63, 3.8) is 0 Å². The number of sulfonamides is 1. The number of aryl methyl sites for hydroxylation is 1. The van der Waals surface area contributed by atoms with E-state index in [9.17, 15) is 13.2 Å². The summed E-state index contributed by atoms with van der Waals surface area (Å²) in [6.45, 7) is 6.28. The van der Waals surface area contributed by atoms with Gasteiger partial charge in [-0.3, -0.25) is 4.79 Å². The number of H-pyrrole nitrogens is 1. The fraction of sp³-hybridized carbons (Fsp3) is 0.417. The van der Waals surface area contributed by atoms with Crippen molar-refractivity contribution in [1.29, 1.82) is 0 Å². The molecule has 0 radical (unpaired) electrons. The number of benzene rings is 2. The van der Waals surface area contributed by atoms with Crippen molar-refractivity contribution in [3.8, 4) is 0 Å². The van der Waals surface area contributed by atoms with Crippen molar-refractivity contribution in [3.05, 3.63) is 59.9 Å². The van der Waals surface area contributed by atoms with Gasteiger partial charge in [0.2, 0.25) is 15.9 Å². The van der Waals surface area contributed by atoms with Crippen molar-refractivity contribution in [2.75, 3.05) is 6.54 Å². The molecule has 0 saturated carbocycles. The average Bonchev–Trinajstić information content (AvgIpc) is 3.21. The maximum Gasteiger partial charge on any atom is 0.243 e. The minimum atomic E-state index is -3.77. The fourth-order valence-electron chi connectivity index (χ4n) is 4.22. The molecule has 0 aliphatic carbocycles. The van der Waals surface area contributed by atoms with Gasteiger partial charge in [0.05, 0.1) is 22.0 Å². The lowest BCUT2D eigenvalue weighted by Gasteiger charge is -2.35. The highest BCUT2D eigenvalue weighted by molar-refractivity contribution is 7.89. The molecule has 3 aromatic rings. The molecule has 170 valence electrons. The normalized spacial score (nSPS) is 18.7. The van der Waals surface area contributed by atoms with E-state index in [2.05, 4.69) is 15.3 Å². The molecule has 1 aliphatic rings. The van der Waals surface area contributed by atoms with E-state index in [4.69, 9.17) is 0 Å². The summed E-state index contributed by atoms with van der Waals surface area (Å²) in [4.78, 5) is 21.6. The molecule has 1 amide bonds. The Kier molecular flexibility index (Phi) is 6.35. The first-order valence-electron chi connectivity index (χ1n) is 11.1. The van der Waals surface area contributed by atoms with Crippen LogP contribution in [0.25, 0.3) is 11.0 Å². The second-order valence-electron chi connectivity index (χ2n) is 8.81. The minimum Gasteiger partial charge on any atom is -0.344 e. The van der Waals surface area contributed by atoms with Crippen LogP contribution in [0.5, 0.6) is 0 Å². The molecule has 1 aliphatic heterocycles. The molecule has 1 saturated heterocycles. The topological polar surface area (TPSA) is 95.2 Å². The molecule has 32 heavy (non-hydrogen) atoms. The van der Waals surface area contributed by atoms with Crippen LogP contribution in [0.15, 0.2) is 53.4 Å². The van der Waals surface area contributed by atoms with Gasteiger partial charge in [0.1, 0.15) is 11.9 Å². The molecule has 7 nitrogen and oxygen atoms in total. The molecule has 1 fully saturated rings. The summed E-state index contributed by atoms with van der Waals surface area (Å²) < 4.78 is 28.1. The third-order valence-electron chi connectivity index (χ3n) is 6.05.